The molecule has 1 aliphatic rings. The van der Waals surface area contributed by atoms with Gasteiger partial charge in [0.2, 0.25) is 0 Å². The predicted molar refractivity (Wildman–Crippen MR) is 81.9 cm³/mol. The van der Waals surface area contributed by atoms with Gasteiger partial charge in [-0.15, -0.1) is 0 Å². The minimum atomic E-state index is 0.168. The lowest BCUT2D eigenvalue weighted by molar-refractivity contribution is 0.164. The molecule has 0 saturated heterocycles. The Hall–Kier alpha value is -0.860. The third-order valence-corrected chi connectivity index (χ3v) is 4.83. The Morgan fingerprint density at radius 1 is 1.21 bits per heavy atom. The standard InChI is InChI=1S/C17H28N2/c1-14(2)16-8-10-17(13-18,11-9-16)19-12-15-6-4-3-5-7-15/h3-7,14,16,19H,8-13,18H2,1-2H3. The van der Waals surface area contributed by atoms with Gasteiger partial charge in [-0.3, -0.25) is 0 Å². The van der Waals surface area contributed by atoms with Gasteiger partial charge in [0.25, 0.3) is 0 Å². The molecule has 19 heavy (non-hydrogen) atoms. The lowest BCUT2D eigenvalue weighted by atomic mass is 9.72. The third-order valence-electron chi connectivity index (χ3n) is 4.83. The normalized spacial score (nSPS) is 27.7. The lowest BCUT2D eigenvalue weighted by Crippen LogP contribution is -2.53. The second-order valence-electron chi connectivity index (χ2n) is 6.41. The summed E-state index contributed by atoms with van der Waals surface area (Å²) in [7, 11) is 0. The molecule has 1 saturated carbocycles. The average Bonchev–Trinajstić information content (AvgIpc) is 2.46. The first-order valence-corrected chi connectivity index (χ1v) is 7.64. The van der Waals surface area contributed by atoms with E-state index in [0.717, 1.165) is 24.9 Å². The van der Waals surface area contributed by atoms with Crippen molar-refractivity contribution in [2.45, 2.75) is 51.6 Å². The third kappa shape index (κ3) is 3.80. The summed E-state index contributed by atoms with van der Waals surface area (Å²) in [6.07, 6.45) is 5.08. The van der Waals surface area contributed by atoms with E-state index in [1.165, 1.54) is 31.2 Å². The SMILES string of the molecule is CC(C)C1CCC(CN)(NCc2ccccc2)CC1. The van der Waals surface area contributed by atoms with Gasteiger partial charge in [0.15, 0.2) is 0 Å². The highest BCUT2D eigenvalue weighted by atomic mass is 15.0. The van der Waals surface area contributed by atoms with Crippen molar-refractivity contribution >= 4 is 0 Å². The molecule has 0 aliphatic heterocycles. The van der Waals surface area contributed by atoms with Crippen molar-refractivity contribution in [3.63, 3.8) is 0 Å². The summed E-state index contributed by atoms with van der Waals surface area (Å²) in [6.45, 7) is 6.38. The summed E-state index contributed by atoms with van der Waals surface area (Å²) < 4.78 is 0. The Bertz CT molecular complexity index is 364. The smallest absolute Gasteiger partial charge is 0.0307 e. The maximum absolute atomic E-state index is 6.06. The van der Waals surface area contributed by atoms with E-state index in [2.05, 4.69) is 49.5 Å². The number of benzene rings is 1. The summed E-state index contributed by atoms with van der Waals surface area (Å²) in [4.78, 5) is 0. The molecule has 0 heterocycles. The minimum absolute atomic E-state index is 0.168. The zero-order chi connectivity index (χ0) is 13.7. The number of hydrogen-bond acceptors (Lipinski definition) is 2. The molecule has 3 N–H and O–H groups in total. The van der Waals surface area contributed by atoms with Crippen molar-refractivity contribution < 1.29 is 0 Å². The molecule has 2 heteroatoms. The van der Waals surface area contributed by atoms with Gasteiger partial charge in [0, 0.05) is 18.6 Å². The second-order valence-corrected chi connectivity index (χ2v) is 6.41. The summed E-state index contributed by atoms with van der Waals surface area (Å²) in [6, 6.07) is 10.6. The largest absolute Gasteiger partial charge is 0.329 e. The molecule has 1 aromatic rings. The van der Waals surface area contributed by atoms with E-state index in [1.807, 2.05) is 0 Å². The topological polar surface area (TPSA) is 38.0 Å². The van der Waals surface area contributed by atoms with E-state index in [1.54, 1.807) is 0 Å². The number of rotatable bonds is 5. The molecular weight excluding hydrogens is 232 g/mol. The first-order chi connectivity index (χ1) is 9.15. The summed E-state index contributed by atoms with van der Waals surface area (Å²) in [5.41, 5.74) is 7.58. The van der Waals surface area contributed by atoms with Gasteiger partial charge in [-0.25, -0.2) is 0 Å². The lowest BCUT2D eigenvalue weighted by Gasteiger charge is -2.41. The fraction of sp³-hybridized carbons (Fsp3) is 0.647. The van der Waals surface area contributed by atoms with Crippen LogP contribution in [0.4, 0.5) is 0 Å². The van der Waals surface area contributed by atoms with Crippen LogP contribution in [0.25, 0.3) is 0 Å². The monoisotopic (exact) mass is 260 g/mol. The molecule has 106 valence electrons. The van der Waals surface area contributed by atoms with Crippen LogP contribution < -0.4 is 11.1 Å². The Labute approximate surface area is 117 Å². The van der Waals surface area contributed by atoms with E-state index >= 15 is 0 Å². The van der Waals surface area contributed by atoms with Gasteiger partial charge in [0.1, 0.15) is 0 Å². The molecule has 0 bridgehead atoms. The minimum Gasteiger partial charge on any atom is -0.329 e. The zero-order valence-corrected chi connectivity index (χ0v) is 12.4. The van der Waals surface area contributed by atoms with E-state index in [9.17, 15) is 0 Å². The molecule has 0 unspecified atom stereocenters. The molecule has 1 aromatic carbocycles. The fourth-order valence-corrected chi connectivity index (χ4v) is 3.20. The zero-order valence-electron chi connectivity index (χ0n) is 12.4. The molecule has 1 aliphatic carbocycles. The highest BCUT2D eigenvalue weighted by Crippen LogP contribution is 2.35. The average molecular weight is 260 g/mol. The fourth-order valence-electron chi connectivity index (χ4n) is 3.20. The highest BCUT2D eigenvalue weighted by molar-refractivity contribution is 5.15. The van der Waals surface area contributed by atoms with Crippen molar-refractivity contribution in [3.05, 3.63) is 35.9 Å². The number of hydrogen-bond donors (Lipinski definition) is 2. The molecular formula is C17H28N2. The van der Waals surface area contributed by atoms with Crippen LogP contribution in [-0.2, 0) is 6.54 Å². The first kappa shape index (κ1) is 14.5. The van der Waals surface area contributed by atoms with Crippen LogP contribution >= 0.6 is 0 Å². The van der Waals surface area contributed by atoms with Crippen molar-refractivity contribution in [1.82, 2.24) is 5.32 Å². The van der Waals surface area contributed by atoms with Gasteiger partial charge >= 0.3 is 0 Å². The van der Waals surface area contributed by atoms with E-state index < -0.39 is 0 Å². The molecule has 0 atom stereocenters. The van der Waals surface area contributed by atoms with Gasteiger partial charge in [-0.2, -0.15) is 0 Å². The highest BCUT2D eigenvalue weighted by Gasteiger charge is 2.34. The van der Waals surface area contributed by atoms with Gasteiger partial charge in [-0.1, -0.05) is 44.2 Å². The van der Waals surface area contributed by atoms with Crippen molar-refractivity contribution in [2.24, 2.45) is 17.6 Å². The van der Waals surface area contributed by atoms with Crippen molar-refractivity contribution in [2.75, 3.05) is 6.54 Å². The Kier molecular flexibility index (Phi) is 5.00. The molecule has 0 amide bonds. The van der Waals surface area contributed by atoms with Crippen LogP contribution in [0.3, 0.4) is 0 Å². The van der Waals surface area contributed by atoms with Crippen LogP contribution in [0.15, 0.2) is 30.3 Å². The first-order valence-electron chi connectivity index (χ1n) is 7.64. The van der Waals surface area contributed by atoms with Crippen LogP contribution in [0.1, 0.15) is 45.1 Å². The number of nitrogens with two attached hydrogens (primary N) is 1. The second kappa shape index (κ2) is 6.53. The molecule has 0 radical (unpaired) electrons. The Morgan fingerprint density at radius 2 is 1.84 bits per heavy atom. The van der Waals surface area contributed by atoms with Gasteiger partial charge in [-0.05, 0) is 43.1 Å². The van der Waals surface area contributed by atoms with Gasteiger partial charge in [0.05, 0.1) is 0 Å². The maximum atomic E-state index is 6.06. The molecule has 0 aromatic heterocycles. The Balaban J connectivity index is 1.90. The van der Waals surface area contributed by atoms with E-state index in [0.29, 0.717) is 0 Å². The Morgan fingerprint density at radius 3 is 2.37 bits per heavy atom. The van der Waals surface area contributed by atoms with E-state index in [4.69, 9.17) is 5.73 Å². The number of nitrogens with one attached hydrogen (secondary N) is 1. The predicted octanol–water partition coefficient (Wildman–Crippen LogP) is 3.32. The van der Waals surface area contributed by atoms with Crippen molar-refractivity contribution in [3.8, 4) is 0 Å². The van der Waals surface area contributed by atoms with Gasteiger partial charge < -0.3 is 11.1 Å². The van der Waals surface area contributed by atoms with Crippen molar-refractivity contribution in [1.29, 1.82) is 0 Å². The summed E-state index contributed by atoms with van der Waals surface area (Å²) in [5.74, 6) is 1.70. The summed E-state index contributed by atoms with van der Waals surface area (Å²) >= 11 is 0. The van der Waals surface area contributed by atoms with Crippen LogP contribution in [0.5, 0.6) is 0 Å². The molecule has 1 fully saturated rings. The van der Waals surface area contributed by atoms with E-state index in [-0.39, 0.29) is 5.54 Å². The quantitative estimate of drug-likeness (QED) is 0.852. The van der Waals surface area contributed by atoms with Crippen LogP contribution in [-0.4, -0.2) is 12.1 Å². The molecule has 2 nitrogen and oxygen atoms in total. The summed E-state index contributed by atoms with van der Waals surface area (Å²) in [5, 5.41) is 3.74. The molecule has 2 rings (SSSR count). The molecule has 0 spiro atoms. The van der Waals surface area contributed by atoms with Crippen LogP contribution in [0, 0.1) is 11.8 Å². The van der Waals surface area contributed by atoms with Crippen LogP contribution in [0.2, 0.25) is 0 Å². The maximum Gasteiger partial charge on any atom is 0.0307 e.